The summed E-state index contributed by atoms with van der Waals surface area (Å²) in [4.78, 5) is 25.0. The Bertz CT molecular complexity index is 526. The fraction of sp³-hybridized carbons (Fsp3) is 0.500. The highest BCUT2D eigenvalue weighted by molar-refractivity contribution is 5.94. The van der Waals surface area contributed by atoms with Gasteiger partial charge in [-0.2, -0.15) is 0 Å². The maximum absolute atomic E-state index is 12.1. The van der Waals surface area contributed by atoms with Gasteiger partial charge in [0.25, 0.3) is 5.91 Å². The van der Waals surface area contributed by atoms with Crippen molar-refractivity contribution in [3.8, 4) is 5.75 Å². The first-order chi connectivity index (χ1) is 10.1. The van der Waals surface area contributed by atoms with Crippen molar-refractivity contribution in [2.45, 2.75) is 25.7 Å². The molecule has 1 heterocycles. The van der Waals surface area contributed by atoms with Gasteiger partial charge in [-0.15, -0.1) is 0 Å². The number of nitrogens with one attached hydrogen (secondary N) is 1. The van der Waals surface area contributed by atoms with E-state index in [0.717, 1.165) is 30.8 Å². The zero-order valence-corrected chi connectivity index (χ0v) is 12.6. The van der Waals surface area contributed by atoms with E-state index in [1.165, 1.54) is 0 Å². The Balaban J connectivity index is 1.82. The lowest BCUT2D eigenvalue weighted by Crippen LogP contribution is -2.27. The van der Waals surface area contributed by atoms with Gasteiger partial charge in [-0.25, -0.2) is 0 Å². The molecule has 0 saturated carbocycles. The lowest BCUT2D eigenvalue weighted by molar-refractivity contribution is -0.128. The van der Waals surface area contributed by atoms with Gasteiger partial charge >= 0.3 is 0 Å². The van der Waals surface area contributed by atoms with Gasteiger partial charge in [0, 0.05) is 32.6 Å². The van der Waals surface area contributed by atoms with Crippen LogP contribution in [0.3, 0.4) is 0 Å². The molecule has 114 valence electrons. The fourth-order valence-corrected chi connectivity index (χ4v) is 2.27. The van der Waals surface area contributed by atoms with E-state index in [1.807, 2.05) is 12.1 Å². The number of hydrogen-bond donors (Lipinski definition) is 1. The second kappa shape index (κ2) is 7.11. The van der Waals surface area contributed by atoms with Crippen LogP contribution in [-0.2, 0) is 11.2 Å². The molecule has 2 rings (SSSR count). The first-order valence-electron chi connectivity index (χ1n) is 7.32. The average molecular weight is 290 g/mol. The van der Waals surface area contributed by atoms with Crippen molar-refractivity contribution in [1.29, 1.82) is 0 Å². The molecular weight excluding hydrogens is 268 g/mol. The van der Waals surface area contributed by atoms with Gasteiger partial charge in [-0.3, -0.25) is 9.59 Å². The number of rotatable bonds is 5. The molecule has 1 aliphatic rings. The number of hydrogen-bond acceptors (Lipinski definition) is 3. The maximum atomic E-state index is 12.1. The molecule has 1 aliphatic heterocycles. The van der Waals surface area contributed by atoms with E-state index in [1.54, 1.807) is 25.1 Å². The minimum atomic E-state index is -0.0966. The molecule has 0 spiro atoms. The molecule has 0 saturated heterocycles. The smallest absolute Gasteiger partial charge is 0.251 e. The normalized spacial score (nSPS) is 13.0. The van der Waals surface area contributed by atoms with Gasteiger partial charge in [0.1, 0.15) is 5.75 Å². The fourth-order valence-electron chi connectivity index (χ4n) is 2.27. The van der Waals surface area contributed by atoms with E-state index in [4.69, 9.17) is 4.74 Å². The summed E-state index contributed by atoms with van der Waals surface area (Å²) in [6.45, 7) is 1.25. The number of benzene rings is 1. The van der Waals surface area contributed by atoms with Crippen molar-refractivity contribution in [2.75, 3.05) is 27.2 Å². The van der Waals surface area contributed by atoms with Crippen LogP contribution < -0.4 is 10.1 Å². The summed E-state index contributed by atoms with van der Waals surface area (Å²) in [5.41, 5.74) is 1.75. The highest BCUT2D eigenvalue weighted by atomic mass is 16.5. The third kappa shape index (κ3) is 4.21. The van der Waals surface area contributed by atoms with E-state index in [-0.39, 0.29) is 11.8 Å². The molecule has 0 unspecified atom stereocenters. The monoisotopic (exact) mass is 290 g/mol. The molecule has 5 nitrogen and oxygen atoms in total. The highest BCUT2D eigenvalue weighted by Crippen LogP contribution is 2.25. The van der Waals surface area contributed by atoms with Crippen molar-refractivity contribution in [1.82, 2.24) is 10.2 Å². The molecule has 2 amide bonds. The van der Waals surface area contributed by atoms with Crippen LogP contribution >= 0.6 is 0 Å². The first kappa shape index (κ1) is 15.4. The van der Waals surface area contributed by atoms with E-state index in [0.29, 0.717) is 24.9 Å². The number of nitrogens with zero attached hydrogens (tertiary/aromatic N) is 1. The van der Waals surface area contributed by atoms with E-state index < -0.39 is 0 Å². The van der Waals surface area contributed by atoms with E-state index in [9.17, 15) is 9.59 Å². The molecule has 1 aromatic carbocycles. The first-order valence-corrected chi connectivity index (χ1v) is 7.32. The molecule has 5 heteroatoms. The van der Waals surface area contributed by atoms with Crippen molar-refractivity contribution >= 4 is 11.8 Å². The predicted octanol–water partition coefficient (Wildman–Crippen LogP) is 1.61. The number of aryl methyl sites for hydroxylation is 1. The molecule has 1 aromatic rings. The minimum absolute atomic E-state index is 0.0789. The zero-order chi connectivity index (χ0) is 15.2. The van der Waals surface area contributed by atoms with Gasteiger partial charge in [0.05, 0.1) is 6.61 Å². The zero-order valence-electron chi connectivity index (χ0n) is 12.6. The maximum Gasteiger partial charge on any atom is 0.251 e. The lowest BCUT2D eigenvalue weighted by atomic mass is 10.0. The summed E-state index contributed by atoms with van der Waals surface area (Å²) in [5.74, 6) is 0.866. The van der Waals surface area contributed by atoms with Crippen LogP contribution in [0.15, 0.2) is 18.2 Å². The Labute approximate surface area is 125 Å². The predicted molar refractivity (Wildman–Crippen MR) is 80.5 cm³/mol. The minimum Gasteiger partial charge on any atom is -0.493 e. The summed E-state index contributed by atoms with van der Waals surface area (Å²) in [6, 6.07) is 5.54. The van der Waals surface area contributed by atoms with Crippen LogP contribution in [0, 0.1) is 0 Å². The van der Waals surface area contributed by atoms with Gasteiger partial charge in [-0.1, -0.05) is 0 Å². The molecule has 1 N–H and O–H groups in total. The summed E-state index contributed by atoms with van der Waals surface area (Å²) >= 11 is 0. The van der Waals surface area contributed by atoms with Gasteiger partial charge in [0.2, 0.25) is 5.91 Å². The van der Waals surface area contributed by atoms with Crippen molar-refractivity contribution in [3.63, 3.8) is 0 Å². The van der Waals surface area contributed by atoms with Crippen LogP contribution in [0.25, 0.3) is 0 Å². The van der Waals surface area contributed by atoms with Crippen molar-refractivity contribution in [3.05, 3.63) is 29.3 Å². The third-order valence-corrected chi connectivity index (χ3v) is 3.52. The third-order valence-electron chi connectivity index (χ3n) is 3.52. The summed E-state index contributed by atoms with van der Waals surface area (Å²) in [5, 5.41) is 2.85. The molecule has 0 bridgehead atoms. The van der Waals surface area contributed by atoms with Crippen molar-refractivity contribution < 1.29 is 14.3 Å². The number of amides is 2. The second-order valence-electron chi connectivity index (χ2n) is 5.42. The molecule has 0 atom stereocenters. The van der Waals surface area contributed by atoms with Gasteiger partial charge in [0.15, 0.2) is 0 Å². The van der Waals surface area contributed by atoms with E-state index >= 15 is 0 Å². The summed E-state index contributed by atoms with van der Waals surface area (Å²) in [6.07, 6.45) is 3.04. The van der Waals surface area contributed by atoms with Gasteiger partial charge in [-0.05, 0) is 43.0 Å². The van der Waals surface area contributed by atoms with Crippen LogP contribution in [0.1, 0.15) is 35.2 Å². The largest absolute Gasteiger partial charge is 0.493 e. The Morgan fingerprint density at radius 1 is 1.33 bits per heavy atom. The van der Waals surface area contributed by atoms with Crippen LogP contribution in [0.2, 0.25) is 0 Å². The number of carbonyl (C=O) groups is 2. The number of ether oxygens (including phenoxy) is 1. The summed E-state index contributed by atoms with van der Waals surface area (Å²) in [7, 11) is 3.46. The highest BCUT2D eigenvalue weighted by Gasteiger charge is 2.13. The Morgan fingerprint density at radius 3 is 2.90 bits per heavy atom. The number of carbonyl (C=O) groups excluding carboxylic acids is 2. The van der Waals surface area contributed by atoms with Crippen molar-refractivity contribution in [2.24, 2.45) is 0 Å². The molecule has 0 aromatic heterocycles. The summed E-state index contributed by atoms with van der Waals surface area (Å²) < 4.78 is 5.53. The number of fused-ring (bicyclic) bond motifs is 1. The quantitative estimate of drug-likeness (QED) is 0.838. The molecule has 0 radical (unpaired) electrons. The SMILES string of the molecule is CN(C)C(=O)CCCNC(=O)c1ccc2c(c1)CCCO2. The molecule has 0 aliphatic carbocycles. The Hall–Kier alpha value is -2.04. The topological polar surface area (TPSA) is 58.6 Å². The lowest BCUT2D eigenvalue weighted by Gasteiger charge is -2.17. The standard InChI is InChI=1S/C16H22N2O3/c1-18(2)15(19)6-3-9-17-16(20)13-7-8-14-12(11-13)5-4-10-21-14/h7-8,11H,3-6,9-10H2,1-2H3,(H,17,20). The van der Waals surface area contributed by atoms with Crippen LogP contribution in [0.4, 0.5) is 0 Å². The Kier molecular flexibility index (Phi) is 5.20. The van der Waals surface area contributed by atoms with Crippen LogP contribution in [0.5, 0.6) is 5.75 Å². The Morgan fingerprint density at radius 2 is 2.14 bits per heavy atom. The molecule has 0 fully saturated rings. The second-order valence-corrected chi connectivity index (χ2v) is 5.42. The average Bonchev–Trinajstić information content (AvgIpc) is 2.50. The van der Waals surface area contributed by atoms with Gasteiger partial charge < -0.3 is 15.0 Å². The molecular formula is C16H22N2O3. The van der Waals surface area contributed by atoms with Crippen LogP contribution in [-0.4, -0.2) is 44.0 Å². The molecule has 21 heavy (non-hydrogen) atoms. The van der Waals surface area contributed by atoms with E-state index in [2.05, 4.69) is 5.32 Å².